The van der Waals surface area contributed by atoms with Crippen molar-refractivity contribution in [3.8, 4) is 5.75 Å². The Hall–Kier alpha value is -3.26. The van der Waals surface area contributed by atoms with E-state index in [1.807, 2.05) is 0 Å². The van der Waals surface area contributed by atoms with Crippen molar-refractivity contribution in [3.05, 3.63) is 51.7 Å². The molecule has 154 valence electrons. The Morgan fingerprint density at radius 2 is 1.79 bits per heavy atom. The van der Waals surface area contributed by atoms with E-state index in [4.69, 9.17) is 10.8 Å². The van der Waals surface area contributed by atoms with Crippen LogP contribution in [0.2, 0.25) is 0 Å². The van der Waals surface area contributed by atoms with Gasteiger partial charge in [-0.2, -0.15) is 0 Å². The number of aliphatic hydroxyl groups excluding tert-OH is 1. The van der Waals surface area contributed by atoms with Crippen molar-refractivity contribution >= 4 is 23.3 Å². The first kappa shape index (κ1) is 22.0. The lowest BCUT2D eigenvalue weighted by molar-refractivity contribution is -0.145. The van der Waals surface area contributed by atoms with Gasteiger partial charge in [0.2, 0.25) is 5.78 Å². The quantitative estimate of drug-likeness (QED) is 0.415. The summed E-state index contributed by atoms with van der Waals surface area (Å²) in [5, 5.41) is 29.6. The van der Waals surface area contributed by atoms with Crippen LogP contribution in [-0.2, 0) is 4.79 Å². The summed E-state index contributed by atoms with van der Waals surface area (Å²) in [6.45, 7) is 5.80. The Balaban J connectivity index is 2.55. The number of fused-ring (bicyclic) bond motifs is 1. The van der Waals surface area contributed by atoms with Crippen LogP contribution in [0, 0.1) is 18.8 Å². The smallest absolute Gasteiger partial charge is 0.308 e. The molecule has 1 aromatic rings. The molecule has 0 unspecified atom stereocenters. The van der Waals surface area contributed by atoms with E-state index < -0.39 is 47.0 Å². The third kappa shape index (κ3) is 3.97. The van der Waals surface area contributed by atoms with E-state index in [0.29, 0.717) is 0 Å². The number of allylic oxidation sites excluding steroid dienone is 3. The van der Waals surface area contributed by atoms with Crippen LogP contribution in [-0.4, -0.2) is 44.7 Å². The first-order chi connectivity index (χ1) is 13.4. The minimum atomic E-state index is -1.25. The number of aryl methyl sites for hydroxylation is 1. The number of nitrogens with two attached hydrogens (primary N) is 1. The maximum absolute atomic E-state index is 13.0. The van der Waals surface area contributed by atoms with Crippen LogP contribution in [0.3, 0.4) is 0 Å². The van der Waals surface area contributed by atoms with Gasteiger partial charge in [0.05, 0.1) is 23.3 Å². The molecule has 0 heterocycles. The van der Waals surface area contributed by atoms with Crippen molar-refractivity contribution in [1.29, 1.82) is 0 Å². The molecule has 0 aliphatic heterocycles. The van der Waals surface area contributed by atoms with Crippen LogP contribution >= 0.6 is 0 Å². The molecule has 3 atom stereocenters. The predicted molar refractivity (Wildman–Crippen MR) is 104 cm³/mol. The fourth-order valence-electron chi connectivity index (χ4n) is 3.27. The first-order valence-corrected chi connectivity index (χ1v) is 8.95. The highest BCUT2D eigenvalue weighted by Crippen LogP contribution is 2.34. The average molecular weight is 401 g/mol. The number of hydrogen-bond donors (Lipinski definition) is 4. The fourth-order valence-corrected chi connectivity index (χ4v) is 3.27. The lowest BCUT2D eigenvalue weighted by Crippen LogP contribution is -2.30. The highest BCUT2D eigenvalue weighted by Gasteiger charge is 2.33. The molecule has 0 bridgehead atoms. The predicted octanol–water partition coefficient (Wildman–Crippen LogP) is 1.77. The van der Waals surface area contributed by atoms with Crippen molar-refractivity contribution in [1.82, 2.24) is 0 Å². The highest BCUT2D eigenvalue weighted by molar-refractivity contribution is 6.29. The van der Waals surface area contributed by atoms with Gasteiger partial charge in [0.25, 0.3) is 0 Å². The molecule has 29 heavy (non-hydrogen) atoms. The van der Waals surface area contributed by atoms with Crippen molar-refractivity contribution in [2.75, 3.05) is 0 Å². The van der Waals surface area contributed by atoms with Crippen LogP contribution in [0.15, 0.2) is 29.5 Å². The average Bonchev–Trinajstić information content (AvgIpc) is 2.65. The van der Waals surface area contributed by atoms with Gasteiger partial charge in [0.15, 0.2) is 11.6 Å². The van der Waals surface area contributed by atoms with E-state index in [-0.39, 0.29) is 33.5 Å². The number of Topliss-reactive ketones (excluding diaryl/α,β-unsaturated/α-hetero) is 2. The number of aromatic hydroxyl groups is 1. The van der Waals surface area contributed by atoms with Crippen molar-refractivity contribution in [2.45, 2.75) is 33.8 Å². The van der Waals surface area contributed by atoms with Crippen molar-refractivity contribution in [2.24, 2.45) is 17.6 Å². The number of carbonyl (C=O) groups is 4. The molecule has 2 rings (SSSR count). The van der Waals surface area contributed by atoms with Gasteiger partial charge < -0.3 is 21.1 Å². The number of carboxylic acids is 1. The SMILES string of the molecule is CC(=C[C@@H](C)[C@H](O)[C@@H](C)C(=O)O)C(=O)c1c(O)c(C)cc2c1C(=O)C=C(N)C2=O. The second-order valence-electron chi connectivity index (χ2n) is 7.29. The maximum Gasteiger partial charge on any atom is 0.308 e. The normalized spacial score (nSPS) is 17.3. The first-order valence-electron chi connectivity index (χ1n) is 8.95. The molecule has 1 aliphatic carbocycles. The molecule has 0 amide bonds. The number of phenols is 1. The van der Waals surface area contributed by atoms with Crippen LogP contribution in [0.25, 0.3) is 0 Å². The lowest BCUT2D eigenvalue weighted by Gasteiger charge is -2.21. The topological polar surface area (TPSA) is 155 Å². The van der Waals surface area contributed by atoms with Crippen molar-refractivity contribution in [3.63, 3.8) is 0 Å². The van der Waals surface area contributed by atoms with Gasteiger partial charge in [-0.05, 0) is 38.0 Å². The molecule has 5 N–H and O–H groups in total. The summed E-state index contributed by atoms with van der Waals surface area (Å²) in [6, 6.07) is 1.31. The summed E-state index contributed by atoms with van der Waals surface area (Å²) in [4.78, 5) is 48.9. The molecule has 0 fully saturated rings. The molecule has 8 heteroatoms. The Morgan fingerprint density at radius 3 is 2.34 bits per heavy atom. The second-order valence-corrected chi connectivity index (χ2v) is 7.29. The molecule has 8 nitrogen and oxygen atoms in total. The largest absolute Gasteiger partial charge is 0.507 e. The summed E-state index contributed by atoms with van der Waals surface area (Å²) >= 11 is 0. The summed E-state index contributed by atoms with van der Waals surface area (Å²) in [7, 11) is 0. The molecule has 0 spiro atoms. The standard InChI is InChI=1S/C21H23NO7/c1-8(17(24)11(4)21(28)29)5-9(2)18(25)16-15-12(6-10(3)19(16)26)20(27)13(22)7-14(15)23/h5-8,11,17,24,26H,22H2,1-4H3,(H,28,29)/t8-,11-,17+/m1/s1. The van der Waals surface area contributed by atoms with Gasteiger partial charge in [-0.25, -0.2) is 0 Å². The monoisotopic (exact) mass is 401 g/mol. The number of aliphatic carboxylic acids is 1. The van der Waals surface area contributed by atoms with Gasteiger partial charge in [0, 0.05) is 23.1 Å². The van der Waals surface area contributed by atoms with Gasteiger partial charge in [-0.1, -0.05) is 13.0 Å². The summed E-state index contributed by atoms with van der Waals surface area (Å²) < 4.78 is 0. The van der Waals surface area contributed by atoms with Crippen LogP contribution in [0.5, 0.6) is 5.75 Å². The summed E-state index contributed by atoms with van der Waals surface area (Å²) in [5.41, 5.74) is 5.02. The van der Waals surface area contributed by atoms with E-state index >= 15 is 0 Å². The van der Waals surface area contributed by atoms with Crippen LogP contribution < -0.4 is 5.73 Å². The maximum atomic E-state index is 13.0. The van der Waals surface area contributed by atoms with Crippen molar-refractivity contribution < 1.29 is 34.5 Å². The minimum absolute atomic E-state index is 0.0611. The van der Waals surface area contributed by atoms with Crippen LogP contribution in [0.1, 0.15) is 57.4 Å². The number of hydrogen-bond acceptors (Lipinski definition) is 7. The third-order valence-corrected chi connectivity index (χ3v) is 5.07. The van der Waals surface area contributed by atoms with Crippen LogP contribution in [0.4, 0.5) is 0 Å². The molecular weight excluding hydrogens is 378 g/mol. The van der Waals surface area contributed by atoms with Gasteiger partial charge in [-0.15, -0.1) is 0 Å². The Morgan fingerprint density at radius 1 is 1.21 bits per heavy atom. The van der Waals surface area contributed by atoms with E-state index in [0.717, 1.165) is 6.08 Å². The van der Waals surface area contributed by atoms with Gasteiger partial charge >= 0.3 is 5.97 Å². The Labute approximate surface area is 167 Å². The number of carboxylic acid groups (broad SMARTS) is 1. The zero-order chi connectivity index (χ0) is 22.2. The zero-order valence-corrected chi connectivity index (χ0v) is 16.5. The van der Waals surface area contributed by atoms with E-state index in [2.05, 4.69) is 0 Å². The number of ketones is 3. The summed E-state index contributed by atoms with van der Waals surface area (Å²) in [5.74, 6) is -5.35. The molecule has 1 aliphatic rings. The Kier molecular flexibility index (Phi) is 6.08. The van der Waals surface area contributed by atoms with E-state index in [1.165, 1.54) is 32.9 Å². The fraction of sp³-hybridized carbons (Fsp3) is 0.333. The third-order valence-electron chi connectivity index (χ3n) is 5.07. The number of aliphatic hydroxyl groups is 1. The number of carbonyl (C=O) groups excluding carboxylic acids is 3. The molecule has 0 saturated heterocycles. The molecule has 0 saturated carbocycles. The molecule has 0 aromatic heterocycles. The van der Waals surface area contributed by atoms with E-state index in [1.54, 1.807) is 6.92 Å². The number of phenolic OH excluding ortho intramolecular Hbond substituents is 1. The zero-order valence-electron chi connectivity index (χ0n) is 16.5. The van der Waals surface area contributed by atoms with Gasteiger partial charge in [0.1, 0.15) is 5.75 Å². The number of rotatable bonds is 6. The molecule has 1 aromatic carbocycles. The second kappa shape index (κ2) is 8.00. The van der Waals surface area contributed by atoms with Gasteiger partial charge in [-0.3, -0.25) is 19.2 Å². The number of benzene rings is 1. The lowest BCUT2D eigenvalue weighted by atomic mass is 9.83. The minimum Gasteiger partial charge on any atom is -0.507 e. The molecular formula is C21H23NO7. The highest BCUT2D eigenvalue weighted by atomic mass is 16.4. The van der Waals surface area contributed by atoms with E-state index in [9.17, 15) is 29.4 Å². The molecule has 0 radical (unpaired) electrons. The summed E-state index contributed by atoms with van der Waals surface area (Å²) in [6.07, 6.45) is 1.04. The Bertz CT molecular complexity index is 987.